The summed E-state index contributed by atoms with van der Waals surface area (Å²) in [6.07, 6.45) is 6.55. The summed E-state index contributed by atoms with van der Waals surface area (Å²) in [4.78, 5) is 23.8. The molecule has 0 bridgehead atoms. The number of hydrogen-bond acceptors (Lipinski definition) is 8. The number of carbonyl (C=O) groups excluding carboxylic acids is 2. The molecule has 0 aromatic heterocycles. The van der Waals surface area contributed by atoms with Crippen molar-refractivity contribution in [3.05, 3.63) is 0 Å². The van der Waals surface area contributed by atoms with E-state index in [1.54, 1.807) is 13.8 Å². The summed E-state index contributed by atoms with van der Waals surface area (Å²) < 4.78 is 10.5. The monoisotopic (exact) mass is 411 g/mol. The highest BCUT2D eigenvalue weighted by molar-refractivity contribution is 5.79. The molecule has 166 valence electrons. The van der Waals surface area contributed by atoms with E-state index in [2.05, 4.69) is 16.0 Å². The zero-order valence-corrected chi connectivity index (χ0v) is 17.7. The van der Waals surface area contributed by atoms with Crippen molar-refractivity contribution < 1.29 is 19.1 Å². The molecule has 1 aliphatic carbocycles. The minimum absolute atomic E-state index is 0.141. The Morgan fingerprint density at radius 1 is 1.17 bits per heavy atom. The van der Waals surface area contributed by atoms with E-state index in [-0.39, 0.29) is 37.1 Å². The molecule has 29 heavy (non-hydrogen) atoms. The molecule has 4 atom stereocenters. The number of esters is 2. The number of carbonyl (C=O) groups is 2. The van der Waals surface area contributed by atoms with Crippen molar-refractivity contribution in [2.24, 2.45) is 40.3 Å². The van der Waals surface area contributed by atoms with E-state index in [1.165, 1.54) is 12.8 Å². The first-order chi connectivity index (χ1) is 13.9. The van der Waals surface area contributed by atoms with Crippen LogP contribution in [0, 0.1) is 23.7 Å². The van der Waals surface area contributed by atoms with Gasteiger partial charge in [-0.05, 0) is 50.0 Å². The minimum atomic E-state index is -0.249. The number of nitrogens with zero attached hydrogens (tertiary/aromatic N) is 1. The topological polar surface area (TPSA) is 141 Å². The van der Waals surface area contributed by atoms with E-state index < -0.39 is 0 Å². The van der Waals surface area contributed by atoms with Crippen LogP contribution in [0.1, 0.15) is 58.8 Å². The Labute approximate surface area is 173 Å². The van der Waals surface area contributed by atoms with Gasteiger partial charge in [0.2, 0.25) is 0 Å². The molecule has 0 aromatic carbocycles. The molecule has 0 spiro atoms. The number of hydrogen-bond donors (Lipinski definition) is 4. The van der Waals surface area contributed by atoms with E-state index in [9.17, 15) is 9.59 Å². The first kappa shape index (κ1) is 23.4. The van der Waals surface area contributed by atoms with E-state index in [4.69, 9.17) is 21.1 Å². The van der Waals surface area contributed by atoms with Crippen LogP contribution in [-0.2, 0) is 19.1 Å². The second kappa shape index (κ2) is 12.0. The first-order valence-electron chi connectivity index (χ1n) is 10.7. The second-order valence-electron chi connectivity index (χ2n) is 8.51. The van der Waals surface area contributed by atoms with Crippen molar-refractivity contribution in [2.75, 3.05) is 19.8 Å². The smallest absolute Gasteiger partial charge is 0.323 e. The van der Waals surface area contributed by atoms with Crippen molar-refractivity contribution >= 4 is 17.8 Å². The predicted octanol–water partition coefficient (Wildman–Crippen LogP) is 1.03. The van der Waals surface area contributed by atoms with Gasteiger partial charge in [0.25, 0.3) is 0 Å². The average Bonchev–Trinajstić information content (AvgIpc) is 2.71. The van der Waals surface area contributed by atoms with Gasteiger partial charge in [-0.2, -0.15) is 5.10 Å². The number of piperidine rings is 1. The number of hydrazone groups is 1. The molecule has 2 aliphatic rings. The molecule has 4 unspecified atom stereocenters. The molecule has 1 saturated heterocycles. The maximum absolute atomic E-state index is 12.4. The highest BCUT2D eigenvalue weighted by atomic mass is 16.5. The second-order valence-corrected chi connectivity index (χ2v) is 8.51. The molecule has 1 saturated carbocycles. The third kappa shape index (κ3) is 7.81. The van der Waals surface area contributed by atoms with Crippen molar-refractivity contribution in [3.63, 3.8) is 0 Å². The van der Waals surface area contributed by atoms with Crippen LogP contribution < -0.4 is 22.4 Å². The molecule has 9 nitrogen and oxygen atoms in total. The van der Waals surface area contributed by atoms with Crippen LogP contribution in [-0.4, -0.2) is 43.6 Å². The quantitative estimate of drug-likeness (QED) is 0.104. The molecule has 9 heteroatoms. The molecule has 6 N–H and O–H groups in total. The fourth-order valence-corrected chi connectivity index (χ4v) is 4.27. The number of fused-ring (bicyclic) bond motifs is 1. The van der Waals surface area contributed by atoms with Crippen LogP contribution in [0.25, 0.3) is 0 Å². The lowest BCUT2D eigenvalue weighted by atomic mass is 9.69. The van der Waals surface area contributed by atoms with E-state index >= 15 is 0 Å². The van der Waals surface area contributed by atoms with Gasteiger partial charge in [0.05, 0.1) is 19.1 Å². The molecule has 1 heterocycles. The molecule has 0 amide bonds. The Balaban J connectivity index is 1.68. The highest BCUT2D eigenvalue weighted by Gasteiger charge is 2.38. The standard InChI is InChI=1S/C20H37N5O4/c1-13(2)19(26)28-8-3-9-29-20(27)17-11-16-10-14(4-6-15(16)12-23-17)5-7-18(21)24-25-22/h13-17,23,25H,3-12,22H2,1-2H3,(H2,21,24). The van der Waals surface area contributed by atoms with Gasteiger partial charge in [0, 0.05) is 12.8 Å². The summed E-state index contributed by atoms with van der Waals surface area (Å²) in [7, 11) is 0. The molecular weight excluding hydrogens is 374 g/mol. The van der Waals surface area contributed by atoms with Gasteiger partial charge in [-0.25, -0.2) is 11.4 Å². The van der Waals surface area contributed by atoms with Crippen LogP contribution >= 0.6 is 0 Å². The van der Waals surface area contributed by atoms with Gasteiger partial charge < -0.3 is 20.5 Å². The lowest BCUT2D eigenvalue weighted by molar-refractivity contribution is -0.150. The lowest BCUT2D eigenvalue weighted by Gasteiger charge is -2.42. The Hall–Kier alpha value is -1.87. The van der Waals surface area contributed by atoms with Gasteiger partial charge in [-0.15, -0.1) is 0 Å². The number of amidine groups is 1. The molecule has 0 radical (unpaired) electrons. The number of nitrogens with two attached hydrogens (primary N) is 2. The van der Waals surface area contributed by atoms with Gasteiger partial charge in [0.1, 0.15) is 11.9 Å². The predicted molar refractivity (Wildman–Crippen MR) is 110 cm³/mol. The highest BCUT2D eigenvalue weighted by Crippen LogP contribution is 2.40. The van der Waals surface area contributed by atoms with Crippen molar-refractivity contribution in [1.82, 2.24) is 10.9 Å². The summed E-state index contributed by atoms with van der Waals surface area (Å²) in [5, 5.41) is 7.16. The fraction of sp³-hybridized carbons (Fsp3) is 0.850. The number of nitrogens with one attached hydrogen (secondary N) is 2. The average molecular weight is 412 g/mol. The normalized spacial score (nSPS) is 27.2. The molecule has 2 fully saturated rings. The van der Waals surface area contributed by atoms with E-state index in [0.717, 1.165) is 32.2 Å². The van der Waals surface area contributed by atoms with Crippen molar-refractivity contribution in [2.45, 2.75) is 64.8 Å². The van der Waals surface area contributed by atoms with E-state index in [1.807, 2.05) is 0 Å². The fourth-order valence-electron chi connectivity index (χ4n) is 4.27. The van der Waals surface area contributed by atoms with Crippen molar-refractivity contribution in [3.8, 4) is 0 Å². The largest absolute Gasteiger partial charge is 0.465 e. The lowest BCUT2D eigenvalue weighted by Crippen LogP contribution is -2.50. The summed E-state index contributed by atoms with van der Waals surface area (Å²) in [5.41, 5.74) is 8.04. The SMILES string of the molecule is CC(C)C(=O)OCCCOC(=O)C1CC2CC(CC/C(N)=N/NN)CCC2CN1. The van der Waals surface area contributed by atoms with Crippen LogP contribution in [0.4, 0.5) is 0 Å². The van der Waals surface area contributed by atoms with Crippen LogP contribution in [0.15, 0.2) is 5.10 Å². The first-order valence-corrected chi connectivity index (χ1v) is 10.7. The van der Waals surface area contributed by atoms with Gasteiger partial charge >= 0.3 is 11.9 Å². The van der Waals surface area contributed by atoms with Gasteiger partial charge in [-0.3, -0.25) is 9.59 Å². The number of rotatable bonds is 10. The maximum Gasteiger partial charge on any atom is 0.323 e. The Morgan fingerprint density at radius 3 is 2.66 bits per heavy atom. The zero-order valence-electron chi connectivity index (χ0n) is 17.7. The van der Waals surface area contributed by atoms with Gasteiger partial charge in [0.15, 0.2) is 0 Å². The number of ether oxygens (including phenoxy) is 2. The summed E-state index contributed by atoms with van der Waals surface area (Å²) in [5.74, 6) is 6.88. The minimum Gasteiger partial charge on any atom is -0.465 e. The Morgan fingerprint density at radius 2 is 1.93 bits per heavy atom. The summed E-state index contributed by atoms with van der Waals surface area (Å²) in [6.45, 7) is 5.00. The van der Waals surface area contributed by atoms with Gasteiger partial charge in [-0.1, -0.05) is 20.3 Å². The van der Waals surface area contributed by atoms with Crippen LogP contribution in [0.2, 0.25) is 0 Å². The molecule has 1 aliphatic heterocycles. The molecule has 2 rings (SSSR count). The molecular formula is C20H37N5O4. The Kier molecular flexibility index (Phi) is 9.66. The summed E-state index contributed by atoms with van der Waals surface area (Å²) >= 11 is 0. The summed E-state index contributed by atoms with van der Waals surface area (Å²) in [6, 6.07) is -0.249. The van der Waals surface area contributed by atoms with Crippen LogP contribution in [0.3, 0.4) is 0 Å². The van der Waals surface area contributed by atoms with E-state index in [0.29, 0.717) is 30.0 Å². The Bertz CT molecular complexity index is 569. The van der Waals surface area contributed by atoms with Crippen molar-refractivity contribution in [1.29, 1.82) is 0 Å². The third-order valence-corrected chi connectivity index (χ3v) is 5.96. The number of hydrazine groups is 1. The zero-order chi connectivity index (χ0) is 21.2. The maximum atomic E-state index is 12.4. The molecule has 0 aromatic rings. The third-order valence-electron chi connectivity index (χ3n) is 5.96. The van der Waals surface area contributed by atoms with Crippen LogP contribution in [0.5, 0.6) is 0 Å².